The number of Topliss-reactive ketones (excluding diaryl/α,β-unsaturated/α-hetero) is 1. The highest BCUT2D eigenvalue weighted by Gasteiger charge is 2.19. The van der Waals surface area contributed by atoms with E-state index in [-0.39, 0.29) is 17.9 Å². The number of rotatable bonds is 7. The van der Waals surface area contributed by atoms with Crippen molar-refractivity contribution in [3.63, 3.8) is 0 Å². The predicted molar refractivity (Wildman–Crippen MR) is 116 cm³/mol. The van der Waals surface area contributed by atoms with Gasteiger partial charge in [0.1, 0.15) is 10.7 Å². The van der Waals surface area contributed by atoms with Crippen LogP contribution in [0.15, 0.2) is 29.1 Å². The van der Waals surface area contributed by atoms with Gasteiger partial charge in [0, 0.05) is 15.5 Å². The highest BCUT2D eigenvalue weighted by atomic mass is 35.5. The highest BCUT2D eigenvalue weighted by molar-refractivity contribution is 7.18. The molecule has 0 spiro atoms. The minimum atomic E-state index is -0.142. The van der Waals surface area contributed by atoms with E-state index in [0.29, 0.717) is 28.3 Å². The Morgan fingerprint density at radius 3 is 2.43 bits per heavy atom. The molecule has 3 rings (SSSR count). The Labute approximate surface area is 173 Å². The van der Waals surface area contributed by atoms with Crippen LogP contribution in [0.25, 0.3) is 10.2 Å². The largest absolute Gasteiger partial charge is 0.297 e. The maximum Gasteiger partial charge on any atom is 0.263 e. The van der Waals surface area contributed by atoms with Crippen molar-refractivity contribution in [1.29, 1.82) is 0 Å². The topological polar surface area (TPSA) is 55.2 Å². The number of hydrogen-bond donors (Lipinski definition) is 0. The lowest BCUT2D eigenvalue weighted by molar-refractivity contribution is 0.0968. The second kappa shape index (κ2) is 8.55. The second-order valence-electron chi connectivity index (χ2n) is 6.77. The number of carbonyl (C=O) groups is 1. The van der Waals surface area contributed by atoms with Crippen molar-refractivity contribution in [3.8, 4) is 0 Å². The van der Waals surface area contributed by atoms with Crippen LogP contribution in [-0.2, 0) is 13.1 Å². The molecular formula is C21H24ClN3O2S. The third kappa shape index (κ3) is 4.04. The number of hydrogen-bond acceptors (Lipinski definition) is 5. The van der Waals surface area contributed by atoms with E-state index in [0.717, 1.165) is 28.4 Å². The van der Waals surface area contributed by atoms with Crippen molar-refractivity contribution >= 4 is 38.9 Å². The minimum Gasteiger partial charge on any atom is -0.297 e. The molecule has 0 aliphatic heterocycles. The molecule has 5 nitrogen and oxygen atoms in total. The van der Waals surface area contributed by atoms with Crippen LogP contribution in [0.5, 0.6) is 0 Å². The van der Waals surface area contributed by atoms with Crippen LogP contribution < -0.4 is 5.56 Å². The van der Waals surface area contributed by atoms with E-state index in [1.165, 1.54) is 15.9 Å². The molecule has 0 N–H and O–H groups in total. The normalized spacial score (nSPS) is 11.5. The van der Waals surface area contributed by atoms with Crippen molar-refractivity contribution in [2.75, 3.05) is 13.1 Å². The number of benzene rings is 1. The maximum atomic E-state index is 13.3. The van der Waals surface area contributed by atoms with Crippen LogP contribution in [0, 0.1) is 13.8 Å². The number of halogens is 1. The van der Waals surface area contributed by atoms with Crippen molar-refractivity contribution in [2.45, 2.75) is 40.8 Å². The average Bonchev–Trinajstić information content (AvgIpc) is 2.96. The van der Waals surface area contributed by atoms with E-state index >= 15 is 0 Å². The first-order chi connectivity index (χ1) is 13.3. The molecule has 0 fully saturated rings. The van der Waals surface area contributed by atoms with E-state index < -0.39 is 0 Å². The Bertz CT molecular complexity index is 1070. The van der Waals surface area contributed by atoms with Crippen molar-refractivity contribution in [1.82, 2.24) is 14.5 Å². The Morgan fingerprint density at radius 1 is 1.18 bits per heavy atom. The third-order valence-electron chi connectivity index (χ3n) is 5.10. The predicted octanol–water partition coefficient (Wildman–Crippen LogP) is 4.45. The van der Waals surface area contributed by atoms with Gasteiger partial charge >= 0.3 is 0 Å². The monoisotopic (exact) mass is 417 g/mol. The molecule has 0 bridgehead atoms. The molecule has 28 heavy (non-hydrogen) atoms. The first-order valence-electron chi connectivity index (χ1n) is 9.36. The first-order valence-corrected chi connectivity index (χ1v) is 10.6. The van der Waals surface area contributed by atoms with Gasteiger partial charge in [0.15, 0.2) is 5.78 Å². The van der Waals surface area contributed by atoms with Crippen LogP contribution in [-0.4, -0.2) is 33.3 Å². The zero-order valence-electron chi connectivity index (χ0n) is 16.6. The molecule has 0 unspecified atom stereocenters. The summed E-state index contributed by atoms with van der Waals surface area (Å²) in [5.41, 5.74) is 1.33. The summed E-state index contributed by atoms with van der Waals surface area (Å²) in [7, 11) is 0. The number of carbonyl (C=O) groups excluding carboxylic acids is 1. The number of ketones is 1. The summed E-state index contributed by atoms with van der Waals surface area (Å²) < 4.78 is 1.54. The number of thiophene rings is 1. The Hall–Kier alpha value is -2.02. The minimum absolute atomic E-state index is 0.0334. The van der Waals surface area contributed by atoms with Crippen molar-refractivity contribution in [2.24, 2.45) is 0 Å². The summed E-state index contributed by atoms with van der Waals surface area (Å²) in [5, 5.41) is 1.19. The van der Waals surface area contributed by atoms with Gasteiger partial charge in [-0.15, -0.1) is 11.3 Å². The lowest BCUT2D eigenvalue weighted by Gasteiger charge is -2.20. The van der Waals surface area contributed by atoms with E-state index in [1.54, 1.807) is 24.3 Å². The lowest BCUT2D eigenvalue weighted by Crippen LogP contribution is -2.33. The van der Waals surface area contributed by atoms with Gasteiger partial charge < -0.3 is 0 Å². The Kier molecular flexibility index (Phi) is 6.33. The Morgan fingerprint density at radius 2 is 1.82 bits per heavy atom. The van der Waals surface area contributed by atoms with Crippen LogP contribution in [0.3, 0.4) is 0 Å². The van der Waals surface area contributed by atoms with Gasteiger partial charge in [-0.25, -0.2) is 4.98 Å². The van der Waals surface area contributed by atoms with E-state index in [2.05, 4.69) is 18.7 Å². The number of aryl methyl sites for hydroxylation is 2. The van der Waals surface area contributed by atoms with E-state index in [4.69, 9.17) is 16.6 Å². The first kappa shape index (κ1) is 20.7. The fourth-order valence-electron chi connectivity index (χ4n) is 3.17. The van der Waals surface area contributed by atoms with Gasteiger partial charge in [-0.05, 0) is 56.8 Å². The van der Waals surface area contributed by atoms with E-state index in [1.807, 2.05) is 13.8 Å². The standard InChI is InChI=1S/C21H24ClN3O2S/c1-5-24(6-2)12-18-23-20-19(13(3)14(4)28-20)21(27)25(18)11-17(26)15-7-9-16(22)10-8-15/h7-10H,5-6,11-12H2,1-4H3. The molecule has 0 saturated carbocycles. The second-order valence-corrected chi connectivity index (χ2v) is 8.41. The average molecular weight is 418 g/mol. The molecule has 2 aromatic heterocycles. The molecule has 1 aromatic carbocycles. The van der Waals surface area contributed by atoms with Gasteiger partial charge in [-0.3, -0.25) is 19.1 Å². The highest BCUT2D eigenvalue weighted by Crippen LogP contribution is 2.26. The van der Waals surface area contributed by atoms with Gasteiger partial charge in [0.2, 0.25) is 0 Å². The van der Waals surface area contributed by atoms with E-state index in [9.17, 15) is 9.59 Å². The quantitative estimate of drug-likeness (QED) is 0.533. The number of fused-ring (bicyclic) bond motifs is 1. The van der Waals surface area contributed by atoms with Crippen molar-refractivity contribution in [3.05, 3.63) is 61.5 Å². The fraction of sp³-hybridized carbons (Fsp3) is 0.381. The van der Waals surface area contributed by atoms with Gasteiger partial charge in [-0.1, -0.05) is 25.4 Å². The summed E-state index contributed by atoms with van der Waals surface area (Å²) in [6.07, 6.45) is 0. The molecule has 0 radical (unpaired) electrons. The third-order valence-corrected chi connectivity index (χ3v) is 6.45. The van der Waals surface area contributed by atoms with Gasteiger partial charge in [0.25, 0.3) is 5.56 Å². The molecule has 2 heterocycles. The van der Waals surface area contributed by atoms with Crippen molar-refractivity contribution < 1.29 is 4.79 Å². The summed E-state index contributed by atoms with van der Waals surface area (Å²) >= 11 is 7.45. The zero-order chi connectivity index (χ0) is 20.4. The summed E-state index contributed by atoms with van der Waals surface area (Å²) in [5.74, 6) is 0.495. The van der Waals surface area contributed by atoms with Crippen LogP contribution >= 0.6 is 22.9 Å². The van der Waals surface area contributed by atoms with Crippen LogP contribution in [0.2, 0.25) is 5.02 Å². The number of nitrogens with zero attached hydrogens (tertiary/aromatic N) is 3. The lowest BCUT2D eigenvalue weighted by atomic mass is 10.1. The molecule has 3 aromatic rings. The molecular weight excluding hydrogens is 394 g/mol. The Balaban J connectivity index is 2.10. The summed E-state index contributed by atoms with van der Waals surface area (Å²) in [6, 6.07) is 6.74. The van der Waals surface area contributed by atoms with Crippen LogP contribution in [0.1, 0.15) is 40.5 Å². The van der Waals surface area contributed by atoms with Crippen LogP contribution in [0.4, 0.5) is 0 Å². The molecule has 0 aliphatic rings. The molecule has 148 valence electrons. The van der Waals surface area contributed by atoms with Gasteiger partial charge in [-0.2, -0.15) is 0 Å². The molecule has 0 atom stereocenters. The van der Waals surface area contributed by atoms with Gasteiger partial charge in [0.05, 0.1) is 18.5 Å². The molecule has 0 amide bonds. The summed E-state index contributed by atoms with van der Waals surface area (Å²) in [4.78, 5) is 34.9. The SMILES string of the molecule is CCN(CC)Cc1nc2sc(C)c(C)c2c(=O)n1CC(=O)c1ccc(Cl)cc1. The molecule has 0 aliphatic carbocycles. The summed E-state index contributed by atoms with van der Waals surface area (Å²) in [6.45, 7) is 10.3. The zero-order valence-corrected chi connectivity index (χ0v) is 18.2. The maximum absolute atomic E-state index is 13.3. The smallest absolute Gasteiger partial charge is 0.263 e. The molecule has 7 heteroatoms. The fourth-order valence-corrected chi connectivity index (χ4v) is 4.34. The number of aromatic nitrogens is 2. The molecule has 0 saturated heterocycles.